The van der Waals surface area contributed by atoms with Crippen molar-refractivity contribution in [2.24, 2.45) is 0 Å². The average molecular weight is 1440 g/mol. The molecule has 0 radical (unpaired) electrons. The molecule has 0 saturated carbocycles. The quantitative estimate of drug-likeness (QED) is 0.0204. The summed E-state index contributed by atoms with van der Waals surface area (Å²) in [4.78, 5) is 13.4. The van der Waals surface area contributed by atoms with E-state index in [1.807, 2.05) is 0 Å². The number of unbranched alkanes of at least 4 members (excludes halogenated alkanes) is 59. The summed E-state index contributed by atoms with van der Waals surface area (Å²) in [6.07, 6.45) is 76.8. The van der Waals surface area contributed by atoms with Crippen LogP contribution in [0.15, 0.2) is 24.3 Å². The third-order valence-corrected chi connectivity index (χ3v) is 21.9. The predicted molar refractivity (Wildman–Crippen MR) is 420 cm³/mol. The molecule has 101 heavy (non-hydrogen) atoms. The molecule has 598 valence electrons. The number of carbonyl (C=O) groups excluding carboxylic acids is 1. The summed E-state index contributed by atoms with van der Waals surface area (Å²) in [6, 6.07) is -0.828. The molecule has 9 N–H and O–H groups in total. The molecular formula is C87H167NO13. The lowest BCUT2D eigenvalue weighted by molar-refractivity contribution is -0.359. The Morgan fingerprint density at radius 2 is 0.653 bits per heavy atom. The second-order valence-electron chi connectivity index (χ2n) is 31.4. The number of aliphatic hydroxyl groups is 8. The monoisotopic (exact) mass is 1430 g/mol. The van der Waals surface area contributed by atoms with Gasteiger partial charge in [-0.25, -0.2) is 0 Å². The van der Waals surface area contributed by atoms with Gasteiger partial charge in [0, 0.05) is 6.42 Å². The molecule has 0 aromatic heterocycles. The number of ether oxygens (including phenoxy) is 4. The van der Waals surface area contributed by atoms with E-state index in [0.29, 0.717) is 12.8 Å². The smallest absolute Gasteiger partial charge is 0.220 e. The van der Waals surface area contributed by atoms with Crippen LogP contribution in [0.5, 0.6) is 0 Å². The third-order valence-electron chi connectivity index (χ3n) is 21.9. The highest BCUT2D eigenvalue weighted by Crippen LogP contribution is 2.31. The Morgan fingerprint density at radius 1 is 0.356 bits per heavy atom. The summed E-state index contributed by atoms with van der Waals surface area (Å²) in [6.45, 7) is 2.93. The number of carbonyl (C=O) groups is 1. The van der Waals surface area contributed by atoms with Crippen LogP contribution in [-0.4, -0.2) is 140 Å². The number of aliphatic hydroxyl groups excluding tert-OH is 8. The highest BCUT2D eigenvalue weighted by Gasteiger charge is 2.51. The van der Waals surface area contributed by atoms with Gasteiger partial charge in [0.25, 0.3) is 0 Å². The number of nitrogens with one attached hydrogen (secondary N) is 1. The van der Waals surface area contributed by atoms with Crippen molar-refractivity contribution < 1.29 is 64.6 Å². The van der Waals surface area contributed by atoms with Crippen LogP contribution >= 0.6 is 0 Å². The van der Waals surface area contributed by atoms with E-state index in [1.54, 1.807) is 0 Å². The molecule has 2 heterocycles. The number of hydrogen-bond acceptors (Lipinski definition) is 13. The minimum Gasteiger partial charge on any atom is -0.394 e. The van der Waals surface area contributed by atoms with Gasteiger partial charge in [-0.15, -0.1) is 0 Å². The van der Waals surface area contributed by atoms with Crippen LogP contribution in [0.4, 0.5) is 0 Å². The first-order chi connectivity index (χ1) is 49.6. The van der Waals surface area contributed by atoms with E-state index >= 15 is 0 Å². The van der Waals surface area contributed by atoms with Crippen LogP contribution in [0.3, 0.4) is 0 Å². The van der Waals surface area contributed by atoms with Gasteiger partial charge >= 0.3 is 0 Å². The average Bonchev–Trinajstić information content (AvgIpc) is 0.790. The predicted octanol–water partition coefficient (Wildman–Crippen LogP) is 21.0. The van der Waals surface area contributed by atoms with Gasteiger partial charge in [0.1, 0.15) is 48.8 Å². The summed E-state index contributed by atoms with van der Waals surface area (Å²) in [5, 5.41) is 88.0. The van der Waals surface area contributed by atoms with Gasteiger partial charge in [-0.3, -0.25) is 4.79 Å². The molecule has 2 saturated heterocycles. The fourth-order valence-electron chi connectivity index (χ4n) is 15.0. The van der Waals surface area contributed by atoms with Crippen molar-refractivity contribution in [3.05, 3.63) is 24.3 Å². The maximum absolute atomic E-state index is 13.4. The van der Waals surface area contributed by atoms with Gasteiger partial charge in [-0.05, 0) is 44.9 Å². The van der Waals surface area contributed by atoms with E-state index in [9.17, 15) is 45.6 Å². The lowest BCUT2D eigenvalue weighted by Gasteiger charge is -2.46. The Labute approximate surface area is 621 Å². The maximum Gasteiger partial charge on any atom is 0.220 e. The fourth-order valence-corrected chi connectivity index (χ4v) is 15.0. The standard InChI is InChI=1S/C87H167NO13/c1-3-5-7-9-11-13-15-17-19-21-23-25-27-29-31-33-34-35-36-37-38-39-40-41-42-43-45-47-49-51-53-55-57-59-61-63-65-67-69-71-79(92)88-75(74-98-86-84(97)82(95)85(78(73-90)100-86)101-87-83(96)81(94)80(93)77(72-89)99-87)76(91)70-68-66-64-62-60-58-56-54-52-50-48-46-44-32-30-28-26-24-22-20-18-16-14-12-10-8-6-4-2/h15,17,21,23,75-78,80-87,89-91,93-97H,3-14,16,18-20,22,24-74H2,1-2H3,(H,88,92)/b17-15-,23-21-. The number of amides is 1. The van der Waals surface area contributed by atoms with Crippen LogP contribution in [-0.2, 0) is 23.7 Å². The SMILES string of the molecule is CCCCCCC/C=C\C/C=C\CCCCCCCCCCCCCCCCCCCCCCCCCCCCCC(=O)NC(COC1OC(CO)C(OC2OC(CO)C(O)C(O)C2O)C(O)C1O)C(O)CCCCCCCCCCCCCCCCCCCCCCCCCCCCCC. The lowest BCUT2D eigenvalue weighted by atomic mass is 9.97. The normalized spacial score (nSPS) is 21.8. The zero-order valence-corrected chi connectivity index (χ0v) is 65.9. The molecule has 12 atom stereocenters. The molecule has 2 aliphatic rings. The Morgan fingerprint density at radius 3 is 0.990 bits per heavy atom. The Hall–Kier alpha value is -1.53. The van der Waals surface area contributed by atoms with E-state index in [1.165, 1.54) is 347 Å². The summed E-state index contributed by atoms with van der Waals surface area (Å²) in [5.41, 5.74) is 0. The summed E-state index contributed by atoms with van der Waals surface area (Å²) < 4.78 is 23.0. The van der Waals surface area contributed by atoms with E-state index < -0.39 is 86.8 Å². The Bertz CT molecular complexity index is 1790. The van der Waals surface area contributed by atoms with Gasteiger partial charge in [0.2, 0.25) is 5.91 Å². The van der Waals surface area contributed by atoms with Gasteiger partial charge in [0.05, 0.1) is 32.0 Å². The molecular weight excluding hydrogens is 1270 g/mol. The zero-order valence-electron chi connectivity index (χ0n) is 65.9. The molecule has 0 aromatic rings. The van der Waals surface area contributed by atoms with E-state index in [-0.39, 0.29) is 12.5 Å². The van der Waals surface area contributed by atoms with Crippen molar-refractivity contribution in [2.45, 2.75) is 505 Å². The Balaban J connectivity index is 1.55. The zero-order chi connectivity index (χ0) is 73.0. The van der Waals surface area contributed by atoms with E-state index in [2.05, 4.69) is 43.5 Å². The van der Waals surface area contributed by atoms with Crippen molar-refractivity contribution in [2.75, 3.05) is 19.8 Å². The first kappa shape index (κ1) is 95.5. The molecule has 12 unspecified atom stereocenters. The second kappa shape index (κ2) is 71.4. The van der Waals surface area contributed by atoms with Gasteiger partial charge in [-0.2, -0.15) is 0 Å². The minimum absolute atomic E-state index is 0.195. The van der Waals surface area contributed by atoms with Crippen LogP contribution in [0, 0.1) is 0 Å². The van der Waals surface area contributed by atoms with Crippen LogP contribution in [0.1, 0.15) is 431 Å². The Kier molecular flexibility index (Phi) is 67.5. The largest absolute Gasteiger partial charge is 0.394 e. The van der Waals surface area contributed by atoms with Crippen molar-refractivity contribution in [1.29, 1.82) is 0 Å². The van der Waals surface area contributed by atoms with E-state index in [4.69, 9.17) is 18.9 Å². The molecule has 0 bridgehead atoms. The highest BCUT2D eigenvalue weighted by molar-refractivity contribution is 5.76. The van der Waals surface area contributed by atoms with E-state index in [0.717, 1.165) is 57.8 Å². The fraction of sp³-hybridized carbons (Fsp3) is 0.943. The molecule has 0 aromatic carbocycles. The molecule has 2 aliphatic heterocycles. The molecule has 0 aliphatic carbocycles. The summed E-state index contributed by atoms with van der Waals surface area (Å²) in [5.74, 6) is -0.195. The van der Waals surface area contributed by atoms with Gasteiger partial charge in [0.15, 0.2) is 12.6 Å². The van der Waals surface area contributed by atoms with Crippen molar-refractivity contribution >= 4 is 5.91 Å². The van der Waals surface area contributed by atoms with Crippen LogP contribution in [0.2, 0.25) is 0 Å². The van der Waals surface area contributed by atoms with Crippen molar-refractivity contribution in [1.82, 2.24) is 5.32 Å². The topological polar surface area (TPSA) is 228 Å². The molecule has 1 amide bonds. The number of allylic oxidation sites excluding steroid dienone is 4. The first-order valence-corrected chi connectivity index (χ1v) is 44.1. The summed E-state index contributed by atoms with van der Waals surface area (Å²) in [7, 11) is 0. The number of rotatable bonds is 76. The molecule has 0 spiro atoms. The maximum atomic E-state index is 13.4. The highest BCUT2D eigenvalue weighted by atomic mass is 16.7. The van der Waals surface area contributed by atoms with Crippen LogP contribution < -0.4 is 5.32 Å². The van der Waals surface area contributed by atoms with Gasteiger partial charge in [-0.1, -0.05) is 404 Å². The molecule has 2 fully saturated rings. The summed E-state index contributed by atoms with van der Waals surface area (Å²) >= 11 is 0. The number of hydrogen-bond donors (Lipinski definition) is 9. The van der Waals surface area contributed by atoms with Gasteiger partial charge < -0.3 is 65.1 Å². The molecule has 14 nitrogen and oxygen atoms in total. The molecule has 14 heteroatoms. The minimum atomic E-state index is -1.78. The van der Waals surface area contributed by atoms with Crippen molar-refractivity contribution in [3.8, 4) is 0 Å². The first-order valence-electron chi connectivity index (χ1n) is 44.1. The lowest BCUT2D eigenvalue weighted by Crippen LogP contribution is -2.65. The molecule has 2 rings (SSSR count). The third kappa shape index (κ3) is 53.8. The van der Waals surface area contributed by atoms with Crippen molar-refractivity contribution in [3.63, 3.8) is 0 Å². The second-order valence-corrected chi connectivity index (χ2v) is 31.4. The van der Waals surface area contributed by atoms with Crippen LogP contribution in [0.25, 0.3) is 0 Å².